The normalized spacial score (nSPS) is 10.5. The Balaban J connectivity index is 2.14. The first-order valence-electron chi connectivity index (χ1n) is 5.34. The molecule has 0 bridgehead atoms. The minimum absolute atomic E-state index is 0.572. The van der Waals surface area contributed by atoms with E-state index in [0.29, 0.717) is 17.3 Å². The van der Waals surface area contributed by atoms with Gasteiger partial charge >= 0.3 is 0 Å². The number of nitrogens with zero attached hydrogens (tertiary/aromatic N) is 2. The predicted molar refractivity (Wildman–Crippen MR) is 71.1 cm³/mol. The highest BCUT2D eigenvalue weighted by molar-refractivity contribution is 6.33. The Bertz CT molecular complexity index is 533. The lowest BCUT2D eigenvalue weighted by molar-refractivity contribution is 0.720. The Morgan fingerprint density at radius 2 is 2.24 bits per heavy atom. The summed E-state index contributed by atoms with van der Waals surface area (Å²) in [6.07, 6.45) is 1.78. The van der Waals surface area contributed by atoms with E-state index < -0.39 is 0 Å². The molecule has 0 saturated heterocycles. The largest absolute Gasteiger partial charge is 0.398 e. The van der Waals surface area contributed by atoms with Crippen molar-refractivity contribution in [2.24, 2.45) is 7.05 Å². The fraction of sp³-hybridized carbons (Fsp3) is 0.250. The van der Waals surface area contributed by atoms with Crippen molar-refractivity contribution >= 4 is 23.0 Å². The van der Waals surface area contributed by atoms with Crippen LogP contribution in [0.1, 0.15) is 11.3 Å². The van der Waals surface area contributed by atoms with Gasteiger partial charge in [-0.2, -0.15) is 5.10 Å². The number of hydrogen-bond acceptors (Lipinski definition) is 3. The van der Waals surface area contributed by atoms with Crippen LogP contribution >= 0.6 is 11.6 Å². The summed E-state index contributed by atoms with van der Waals surface area (Å²) in [5, 5.41) is 8.01. The monoisotopic (exact) mass is 250 g/mol. The molecule has 0 unspecified atom stereocenters. The molecule has 17 heavy (non-hydrogen) atoms. The summed E-state index contributed by atoms with van der Waals surface area (Å²) in [6.45, 7) is 2.70. The Morgan fingerprint density at radius 3 is 2.88 bits per heavy atom. The Labute approximate surface area is 105 Å². The minimum atomic E-state index is 0.572. The summed E-state index contributed by atoms with van der Waals surface area (Å²) < 4.78 is 1.83. The molecule has 90 valence electrons. The van der Waals surface area contributed by atoms with Gasteiger partial charge in [-0.25, -0.2) is 0 Å². The van der Waals surface area contributed by atoms with E-state index in [0.717, 1.165) is 16.9 Å². The maximum atomic E-state index is 6.00. The summed E-state index contributed by atoms with van der Waals surface area (Å²) in [6, 6.07) is 5.69. The second kappa shape index (κ2) is 4.67. The van der Waals surface area contributed by atoms with Gasteiger partial charge in [0.15, 0.2) is 0 Å². The van der Waals surface area contributed by atoms with Crippen LogP contribution in [0.15, 0.2) is 24.4 Å². The van der Waals surface area contributed by atoms with Gasteiger partial charge in [0.05, 0.1) is 22.9 Å². The molecule has 0 spiro atoms. The Morgan fingerprint density at radius 1 is 1.47 bits per heavy atom. The molecule has 0 aliphatic rings. The van der Waals surface area contributed by atoms with Crippen molar-refractivity contribution in [1.82, 2.24) is 9.78 Å². The van der Waals surface area contributed by atoms with Crippen molar-refractivity contribution in [3.05, 3.63) is 40.7 Å². The molecule has 1 heterocycles. The quantitative estimate of drug-likeness (QED) is 0.824. The first-order valence-corrected chi connectivity index (χ1v) is 5.72. The molecule has 1 aromatic heterocycles. The summed E-state index contributed by atoms with van der Waals surface area (Å²) in [7, 11) is 1.92. The van der Waals surface area contributed by atoms with E-state index in [9.17, 15) is 0 Å². The van der Waals surface area contributed by atoms with Crippen LogP contribution in [-0.4, -0.2) is 9.78 Å². The molecule has 4 nitrogen and oxygen atoms in total. The molecule has 1 aromatic carbocycles. The van der Waals surface area contributed by atoms with Crippen LogP contribution in [-0.2, 0) is 13.6 Å². The molecule has 3 N–H and O–H groups in total. The zero-order valence-corrected chi connectivity index (χ0v) is 10.6. The van der Waals surface area contributed by atoms with Crippen molar-refractivity contribution < 1.29 is 0 Å². The Hall–Kier alpha value is -1.68. The fourth-order valence-corrected chi connectivity index (χ4v) is 1.82. The van der Waals surface area contributed by atoms with E-state index >= 15 is 0 Å². The summed E-state index contributed by atoms with van der Waals surface area (Å²) in [5.41, 5.74) is 9.51. The Kier molecular flexibility index (Phi) is 3.24. The van der Waals surface area contributed by atoms with E-state index in [1.54, 1.807) is 6.20 Å². The first-order chi connectivity index (χ1) is 8.08. The van der Waals surface area contributed by atoms with E-state index in [4.69, 9.17) is 17.3 Å². The second-order valence-corrected chi connectivity index (χ2v) is 4.40. The highest BCUT2D eigenvalue weighted by atomic mass is 35.5. The summed E-state index contributed by atoms with van der Waals surface area (Å²) in [4.78, 5) is 0. The topological polar surface area (TPSA) is 55.9 Å². The average molecular weight is 251 g/mol. The van der Waals surface area contributed by atoms with Crippen LogP contribution in [0.5, 0.6) is 0 Å². The molecule has 5 heteroatoms. The first kappa shape index (κ1) is 11.8. The average Bonchev–Trinajstić information content (AvgIpc) is 2.68. The molecule has 2 rings (SSSR count). The lowest BCUT2D eigenvalue weighted by atomic mass is 10.1. The lowest BCUT2D eigenvalue weighted by Gasteiger charge is -2.11. The van der Waals surface area contributed by atoms with Crippen molar-refractivity contribution in [2.45, 2.75) is 13.5 Å². The number of nitrogens with two attached hydrogens (primary N) is 1. The molecule has 2 aromatic rings. The zero-order valence-electron chi connectivity index (χ0n) is 9.87. The van der Waals surface area contributed by atoms with Gasteiger partial charge in [0.25, 0.3) is 0 Å². The number of nitrogen functional groups attached to an aromatic ring is 1. The van der Waals surface area contributed by atoms with Gasteiger partial charge < -0.3 is 11.1 Å². The number of halogens is 1. The summed E-state index contributed by atoms with van der Waals surface area (Å²) in [5.74, 6) is 0. The van der Waals surface area contributed by atoms with Gasteiger partial charge in [-0.3, -0.25) is 4.68 Å². The number of aromatic nitrogens is 2. The highest BCUT2D eigenvalue weighted by Gasteiger charge is 2.04. The van der Waals surface area contributed by atoms with Crippen LogP contribution in [0, 0.1) is 6.92 Å². The van der Waals surface area contributed by atoms with Crippen LogP contribution in [0.4, 0.5) is 11.4 Å². The molecule has 0 aliphatic carbocycles. The number of hydrogen-bond donors (Lipinski definition) is 2. The zero-order chi connectivity index (χ0) is 12.4. The standard InChI is InChI=1S/C12H15ClN4/c1-8-5-11(14)10(13)6-12(8)15-7-9-3-4-16-17(9)2/h3-6,15H,7,14H2,1-2H3. The maximum absolute atomic E-state index is 6.00. The van der Waals surface area contributed by atoms with Crippen LogP contribution in [0.2, 0.25) is 5.02 Å². The van der Waals surface area contributed by atoms with Crippen molar-refractivity contribution in [1.29, 1.82) is 0 Å². The molecular formula is C12H15ClN4. The molecular weight excluding hydrogens is 236 g/mol. The van der Waals surface area contributed by atoms with E-state index in [-0.39, 0.29) is 0 Å². The third-order valence-electron chi connectivity index (χ3n) is 2.73. The SMILES string of the molecule is Cc1cc(N)c(Cl)cc1NCc1ccnn1C. The van der Waals surface area contributed by atoms with Gasteiger partial charge in [0, 0.05) is 18.9 Å². The van der Waals surface area contributed by atoms with E-state index in [1.165, 1.54) is 0 Å². The van der Waals surface area contributed by atoms with Crippen LogP contribution in [0.3, 0.4) is 0 Å². The van der Waals surface area contributed by atoms with Gasteiger partial charge in [-0.1, -0.05) is 11.6 Å². The maximum Gasteiger partial charge on any atom is 0.0656 e. The number of aryl methyl sites for hydroxylation is 2. The van der Waals surface area contributed by atoms with Crippen molar-refractivity contribution in [3.8, 4) is 0 Å². The number of anilines is 2. The molecule has 0 aliphatic heterocycles. The van der Waals surface area contributed by atoms with Gasteiger partial charge in [-0.15, -0.1) is 0 Å². The van der Waals surface area contributed by atoms with Crippen molar-refractivity contribution in [2.75, 3.05) is 11.1 Å². The fourth-order valence-electron chi connectivity index (χ4n) is 1.65. The highest BCUT2D eigenvalue weighted by Crippen LogP contribution is 2.26. The van der Waals surface area contributed by atoms with Crippen LogP contribution < -0.4 is 11.1 Å². The lowest BCUT2D eigenvalue weighted by Crippen LogP contribution is -2.06. The minimum Gasteiger partial charge on any atom is -0.398 e. The van der Waals surface area contributed by atoms with Crippen LogP contribution in [0.25, 0.3) is 0 Å². The third-order valence-corrected chi connectivity index (χ3v) is 3.05. The predicted octanol–water partition coefficient (Wildman–Crippen LogP) is 2.58. The van der Waals surface area contributed by atoms with Gasteiger partial charge in [-0.05, 0) is 30.7 Å². The number of rotatable bonds is 3. The molecule has 0 fully saturated rings. The smallest absolute Gasteiger partial charge is 0.0656 e. The van der Waals surface area contributed by atoms with Gasteiger partial charge in [0.1, 0.15) is 0 Å². The van der Waals surface area contributed by atoms with Crippen molar-refractivity contribution in [3.63, 3.8) is 0 Å². The number of benzene rings is 1. The molecule has 0 atom stereocenters. The van der Waals surface area contributed by atoms with Gasteiger partial charge in [0.2, 0.25) is 0 Å². The van der Waals surface area contributed by atoms with E-state index in [2.05, 4.69) is 10.4 Å². The third kappa shape index (κ3) is 2.53. The number of nitrogens with one attached hydrogen (secondary N) is 1. The molecule has 0 radical (unpaired) electrons. The molecule has 0 amide bonds. The second-order valence-electron chi connectivity index (χ2n) is 3.99. The molecule has 0 saturated carbocycles. The van der Waals surface area contributed by atoms with E-state index in [1.807, 2.05) is 36.9 Å². The summed E-state index contributed by atoms with van der Waals surface area (Å²) >= 11 is 6.00.